The van der Waals surface area contributed by atoms with E-state index in [9.17, 15) is 27.9 Å². The number of ether oxygens (including phenoxy) is 2. The Kier molecular flexibility index (Phi) is 9.69. The molecular weight excluding hydrogens is 533 g/mol. The zero-order chi connectivity index (χ0) is 29.4. The van der Waals surface area contributed by atoms with Crippen LogP contribution in [0.15, 0.2) is 65.7 Å². The molecule has 0 aliphatic rings. The first kappa shape index (κ1) is 29.9. The lowest BCUT2D eigenvalue weighted by Gasteiger charge is -2.17. The lowest BCUT2D eigenvalue weighted by atomic mass is 10.1. The minimum atomic E-state index is -4.68. The van der Waals surface area contributed by atoms with Crippen molar-refractivity contribution in [2.45, 2.75) is 12.3 Å². The highest BCUT2D eigenvalue weighted by Gasteiger charge is 2.31. The monoisotopic (exact) mass is 560 g/mol. The average Bonchev–Trinajstić information content (AvgIpc) is 2.91. The lowest BCUT2D eigenvalue weighted by Crippen LogP contribution is -2.23. The van der Waals surface area contributed by atoms with Gasteiger partial charge in [0.1, 0.15) is 30.0 Å². The number of alkyl halides is 3. The van der Waals surface area contributed by atoms with Gasteiger partial charge < -0.3 is 35.2 Å². The molecule has 40 heavy (non-hydrogen) atoms. The molecule has 13 heteroatoms. The highest BCUT2D eigenvalue weighted by molar-refractivity contribution is 6.01. The summed E-state index contributed by atoms with van der Waals surface area (Å²) in [5, 5.41) is 23.3. The van der Waals surface area contributed by atoms with E-state index in [1.165, 1.54) is 23.1 Å². The van der Waals surface area contributed by atoms with E-state index >= 15 is 0 Å². The number of benzene rings is 3. The summed E-state index contributed by atoms with van der Waals surface area (Å²) in [6.45, 7) is 2.43. The van der Waals surface area contributed by atoms with Crippen molar-refractivity contribution in [2.24, 2.45) is 4.99 Å². The number of nitrogens with one attached hydrogen (secondary N) is 2. The zero-order valence-corrected chi connectivity index (χ0v) is 21.5. The third kappa shape index (κ3) is 7.94. The van der Waals surface area contributed by atoms with Crippen molar-refractivity contribution in [3.8, 4) is 17.2 Å². The van der Waals surface area contributed by atoms with Crippen molar-refractivity contribution < 1.29 is 42.4 Å². The molecule has 3 rings (SSSR count). The molecule has 0 heterocycles. The maximum Gasteiger partial charge on any atom is 0.416 e. The van der Waals surface area contributed by atoms with E-state index in [4.69, 9.17) is 14.6 Å². The second kappa shape index (κ2) is 13.0. The van der Waals surface area contributed by atoms with Crippen LogP contribution >= 0.6 is 0 Å². The number of urea groups is 1. The zero-order valence-electron chi connectivity index (χ0n) is 21.5. The highest BCUT2D eigenvalue weighted by Crippen LogP contribution is 2.35. The summed E-state index contributed by atoms with van der Waals surface area (Å²) >= 11 is 0. The topological polar surface area (TPSA) is 133 Å². The van der Waals surface area contributed by atoms with E-state index in [0.29, 0.717) is 23.3 Å². The minimum Gasteiger partial charge on any atom is -0.489 e. The number of hydrogen-bond acceptors (Lipinski definition) is 7. The third-order valence-corrected chi connectivity index (χ3v) is 5.30. The number of amides is 3. The standard InChI is InChI=1S/C27H27F3N4O6/c1-31-22-9-8-20(13-21(22)25(37)34(2)3)40-19-6-4-5-17(12-19)32-26(38)33-23-11-16(27(28,29)30)7-10-24(23)39-15-18(36)14-35/h4-13,18,35-36H,1,14-15H2,2-3H3,(H2,32,33,38). The molecule has 0 fully saturated rings. The van der Waals surface area contributed by atoms with E-state index in [2.05, 4.69) is 22.3 Å². The van der Waals surface area contributed by atoms with Crippen LogP contribution in [0.3, 0.4) is 0 Å². The number of carbonyl (C=O) groups excluding carboxylic acids is 2. The summed E-state index contributed by atoms with van der Waals surface area (Å²) in [5.41, 5.74) is -0.440. The largest absolute Gasteiger partial charge is 0.489 e. The van der Waals surface area contributed by atoms with Crippen LogP contribution in [0.25, 0.3) is 0 Å². The fourth-order valence-electron chi connectivity index (χ4n) is 3.36. The van der Waals surface area contributed by atoms with E-state index in [1.54, 1.807) is 38.4 Å². The van der Waals surface area contributed by atoms with Gasteiger partial charge in [-0.1, -0.05) is 6.07 Å². The van der Waals surface area contributed by atoms with Crippen molar-refractivity contribution in [1.29, 1.82) is 0 Å². The molecule has 1 atom stereocenters. The SMILES string of the molecule is C=Nc1ccc(Oc2cccc(NC(=O)Nc3cc(C(F)(F)F)ccc3OCC(O)CO)c2)cc1C(=O)N(C)C. The van der Waals surface area contributed by atoms with Crippen molar-refractivity contribution in [3.63, 3.8) is 0 Å². The molecule has 0 saturated carbocycles. The Labute approximate surface area is 227 Å². The van der Waals surface area contributed by atoms with Gasteiger partial charge in [-0.05, 0) is 55.2 Å². The van der Waals surface area contributed by atoms with Crippen LogP contribution in [-0.2, 0) is 6.18 Å². The molecule has 0 aromatic heterocycles. The molecule has 3 aromatic carbocycles. The Hall–Kier alpha value is -4.62. The molecule has 0 spiro atoms. The van der Waals surface area contributed by atoms with Crippen LogP contribution in [0.2, 0.25) is 0 Å². The second-order valence-corrected chi connectivity index (χ2v) is 8.60. The smallest absolute Gasteiger partial charge is 0.416 e. The van der Waals surface area contributed by atoms with Crippen LogP contribution in [0.4, 0.5) is 35.0 Å². The van der Waals surface area contributed by atoms with E-state index in [1.807, 2.05) is 0 Å². The Balaban J connectivity index is 1.77. The third-order valence-electron chi connectivity index (χ3n) is 5.30. The Bertz CT molecular complexity index is 1380. The summed E-state index contributed by atoms with van der Waals surface area (Å²) in [5.74, 6) is 0.161. The first-order valence-electron chi connectivity index (χ1n) is 11.7. The molecule has 0 aliphatic heterocycles. The predicted molar refractivity (Wildman–Crippen MR) is 143 cm³/mol. The molecule has 0 radical (unpaired) electrons. The molecular formula is C27H27F3N4O6. The van der Waals surface area contributed by atoms with Gasteiger partial charge in [-0.2, -0.15) is 13.2 Å². The lowest BCUT2D eigenvalue weighted by molar-refractivity contribution is -0.137. The number of aliphatic hydroxyl groups is 2. The fraction of sp³-hybridized carbons (Fsp3) is 0.222. The van der Waals surface area contributed by atoms with Crippen LogP contribution in [-0.4, -0.2) is 67.2 Å². The van der Waals surface area contributed by atoms with Gasteiger partial charge in [0.2, 0.25) is 0 Å². The molecule has 4 N–H and O–H groups in total. The normalized spacial score (nSPS) is 11.8. The van der Waals surface area contributed by atoms with E-state index in [-0.39, 0.29) is 28.6 Å². The van der Waals surface area contributed by atoms with Crippen LogP contribution in [0.5, 0.6) is 17.2 Å². The molecule has 212 valence electrons. The number of anilines is 2. The minimum absolute atomic E-state index is 0.145. The predicted octanol–water partition coefficient (Wildman–Crippen LogP) is 4.91. The molecule has 1 unspecified atom stereocenters. The van der Waals surface area contributed by atoms with Gasteiger partial charge in [0.15, 0.2) is 0 Å². The maximum atomic E-state index is 13.2. The molecule has 0 aliphatic carbocycles. The summed E-state index contributed by atoms with van der Waals surface area (Å²) in [7, 11) is 3.19. The Morgan fingerprint density at radius 2 is 1.77 bits per heavy atom. The van der Waals surface area contributed by atoms with Crippen molar-refractivity contribution in [3.05, 3.63) is 71.8 Å². The molecule has 3 amide bonds. The van der Waals surface area contributed by atoms with E-state index < -0.39 is 37.1 Å². The van der Waals surface area contributed by atoms with Gasteiger partial charge in [0, 0.05) is 25.8 Å². The van der Waals surface area contributed by atoms with Crippen molar-refractivity contribution in [1.82, 2.24) is 4.90 Å². The average molecular weight is 561 g/mol. The number of nitrogens with zero attached hydrogens (tertiary/aromatic N) is 2. The number of aliphatic hydroxyl groups excluding tert-OH is 2. The van der Waals surface area contributed by atoms with E-state index in [0.717, 1.165) is 12.1 Å². The second-order valence-electron chi connectivity index (χ2n) is 8.60. The van der Waals surface area contributed by atoms with Gasteiger partial charge in [-0.25, -0.2) is 4.79 Å². The van der Waals surface area contributed by atoms with Crippen molar-refractivity contribution >= 4 is 35.7 Å². The molecule has 0 bridgehead atoms. The van der Waals surface area contributed by atoms with Gasteiger partial charge in [-0.3, -0.25) is 9.79 Å². The van der Waals surface area contributed by atoms with Crippen LogP contribution in [0, 0.1) is 0 Å². The van der Waals surface area contributed by atoms with Gasteiger partial charge in [0.25, 0.3) is 5.91 Å². The van der Waals surface area contributed by atoms with Crippen LogP contribution < -0.4 is 20.1 Å². The molecule has 10 nitrogen and oxygen atoms in total. The fourth-order valence-corrected chi connectivity index (χ4v) is 3.36. The number of carbonyl (C=O) groups is 2. The van der Waals surface area contributed by atoms with Gasteiger partial charge >= 0.3 is 12.2 Å². The number of rotatable bonds is 10. The molecule has 0 saturated heterocycles. The summed E-state index contributed by atoms with van der Waals surface area (Å²) < 4.78 is 50.8. The number of hydrogen-bond donors (Lipinski definition) is 4. The summed E-state index contributed by atoms with van der Waals surface area (Å²) in [4.78, 5) is 30.4. The Morgan fingerprint density at radius 3 is 2.42 bits per heavy atom. The number of aliphatic imine (C=N–C) groups is 1. The van der Waals surface area contributed by atoms with Crippen LogP contribution in [0.1, 0.15) is 15.9 Å². The van der Waals surface area contributed by atoms with Gasteiger partial charge in [0.05, 0.1) is 29.1 Å². The number of halogens is 3. The summed E-state index contributed by atoms with van der Waals surface area (Å²) in [6.07, 6.45) is -5.95. The first-order chi connectivity index (χ1) is 18.9. The summed E-state index contributed by atoms with van der Waals surface area (Å²) in [6, 6.07) is 12.4. The highest BCUT2D eigenvalue weighted by atomic mass is 19.4. The first-order valence-corrected chi connectivity index (χ1v) is 11.7. The van der Waals surface area contributed by atoms with Crippen molar-refractivity contribution in [2.75, 3.05) is 37.9 Å². The Morgan fingerprint density at radius 1 is 1.05 bits per heavy atom. The maximum absolute atomic E-state index is 13.2. The van der Waals surface area contributed by atoms with Gasteiger partial charge in [-0.15, -0.1) is 0 Å². The molecule has 3 aromatic rings. The quantitative estimate of drug-likeness (QED) is 0.261.